The number of rotatable bonds is 2. The van der Waals surface area contributed by atoms with Crippen molar-refractivity contribution in [2.45, 2.75) is 50.6 Å². The summed E-state index contributed by atoms with van der Waals surface area (Å²) in [5.74, 6) is -0.201. The smallest absolute Gasteiger partial charge is 0.326 e. The maximum atomic E-state index is 11.7. The van der Waals surface area contributed by atoms with Gasteiger partial charge in [-0.05, 0) is 43.7 Å². The summed E-state index contributed by atoms with van der Waals surface area (Å²) in [5, 5.41) is 18.9. The highest BCUT2D eigenvalue weighted by molar-refractivity contribution is 5.80. The first-order valence-corrected chi connectivity index (χ1v) is 7.72. The fourth-order valence-corrected chi connectivity index (χ4v) is 4.02. The van der Waals surface area contributed by atoms with Crippen LogP contribution < -0.4 is 4.90 Å². The molecule has 0 amide bonds. The molecule has 0 bridgehead atoms. The number of carbonyl (C=O) groups is 1. The van der Waals surface area contributed by atoms with E-state index in [9.17, 15) is 15.2 Å². The van der Waals surface area contributed by atoms with Gasteiger partial charge >= 0.3 is 5.97 Å². The summed E-state index contributed by atoms with van der Waals surface area (Å²) in [6.45, 7) is 0. The van der Waals surface area contributed by atoms with Crippen LogP contribution in [0.1, 0.15) is 44.1 Å². The number of piperidine rings is 1. The third-order valence-corrected chi connectivity index (χ3v) is 4.96. The molecule has 1 aliphatic heterocycles. The van der Waals surface area contributed by atoms with Crippen molar-refractivity contribution in [3.8, 4) is 6.07 Å². The molecule has 0 spiro atoms. The lowest BCUT2D eigenvalue weighted by Crippen LogP contribution is -2.55. The van der Waals surface area contributed by atoms with Crippen molar-refractivity contribution in [1.29, 1.82) is 5.26 Å². The van der Waals surface area contributed by atoms with Gasteiger partial charge < -0.3 is 10.0 Å². The van der Waals surface area contributed by atoms with Crippen molar-refractivity contribution in [1.82, 2.24) is 0 Å². The highest BCUT2D eigenvalue weighted by Gasteiger charge is 2.42. The summed E-state index contributed by atoms with van der Waals surface area (Å²) < 4.78 is 0. The fourth-order valence-electron chi connectivity index (χ4n) is 4.02. The Morgan fingerprint density at radius 3 is 2.71 bits per heavy atom. The Hall–Kier alpha value is -2.02. The molecule has 4 nitrogen and oxygen atoms in total. The number of fused-ring (bicyclic) bond motifs is 1. The molecule has 0 radical (unpaired) electrons. The second-order valence-corrected chi connectivity index (χ2v) is 6.08. The van der Waals surface area contributed by atoms with Crippen molar-refractivity contribution >= 4 is 11.7 Å². The molecule has 1 heterocycles. The molecule has 3 rings (SSSR count). The minimum Gasteiger partial charge on any atom is -0.480 e. The van der Waals surface area contributed by atoms with Gasteiger partial charge in [0.1, 0.15) is 12.1 Å². The number of nitriles is 1. The quantitative estimate of drug-likeness (QED) is 0.906. The van der Waals surface area contributed by atoms with E-state index in [1.165, 1.54) is 12.8 Å². The van der Waals surface area contributed by atoms with E-state index in [1.807, 2.05) is 23.1 Å². The summed E-state index contributed by atoms with van der Waals surface area (Å²) in [6.07, 6.45) is 6.28. The molecule has 3 atom stereocenters. The molecule has 1 saturated heterocycles. The van der Waals surface area contributed by atoms with E-state index in [0.29, 0.717) is 17.9 Å². The van der Waals surface area contributed by atoms with Gasteiger partial charge in [0.15, 0.2) is 0 Å². The Bertz CT molecular complexity index is 578. The molecular formula is C17H20N2O2. The third kappa shape index (κ3) is 2.49. The van der Waals surface area contributed by atoms with Crippen molar-refractivity contribution in [3.05, 3.63) is 29.8 Å². The lowest BCUT2D eigenvalue weighted by Gasteiger charge is -2.48. The number of benzene rings is 1. The first-order chi connectivity index (χ1) is 10.2. The molecule has 4 heteroatoms. The number of nitrogens with zero attached hydrogens (tertiary/aromatic N) is 2. The van der Waals surface area contributed by atoms with Gasteiger partial charge in [-0.2, -0.15) is 5.26 Å². The monoisotopic (exact) mass is 284 g/mol. The zero-order valence-corrected chi connectivity index (χ0v) is 12.0. The molecule has 1 aromatic rings. The van der Waals surface area contributed by atoms with Crippen LogP contribution in [-0.4, -0.2) is 23.2 Å². The molecule has 110 valence electrons. The van der Waals surface area contributed by atoms with Gasteiger partial charge in [-0.15, -0.1) is 0 Å². The van der Waals surface area contributed by atoms with Crippen LogP contribution in [0.5, 0.6) is 0 Å². The van der Waals surface area contributed by atoms with Gasteiger partial charge in [-0.25, -0.2) is 4.79 Å². The van der Waals surface area contributed by atoms with E-state index in [1.54, 1.807) is 6.07 Å². The van der Waals surface area contributed by atoms with E-state index in [0.717, 1.165) is 24.9 Å². The molecule has 1 aliphatic carbocycles. The van der Waals surface area contributed by atoms with Crippen LogP contribution in [0.3, 0.4) is 0 Å². The molecular weight excluding hydrogens is 264 g/mol. The molecule has 2 aliphatic rings. The summed E-state index contributed by atoms with van der Waals surface area (Å²) in [5.41, 5.74) is 1.37. The standard InChI is InChI=1S/C17H20N2O2/c18-11-13-6-2-4-8-15(13)19-14-7-3-1-5-12(14)9-10-16(19)17(20)21/h2,4,6,8,12,14,16H,1,3,5,7,9-10H2,(H,20,21). The fraction of sp³-hybridized carbons (Fsp3) is 0.529. The van der Waals surface area contributed by atoms with Crippen LogP contribution in [0.15, 0.2) is 24.3 Å². The van der Waals surface area contributed by atoms with E-state index in [2.05, 4.69) is 6.07 Å². The van der Waals surface area contributed by atoms with Crippen LogP contribution in [0.4, 0.5) is 5.69 Å². The molecule has 1 aromatic carbocycles. The maximum absolute atomic E-state index is 11.7. The highest BCUT2D eigenvalue weighted by atomic mass is 16.4. The molecule has 3 unspecified atom stereocenters. The Morgan fingerprint density at radius 2 is 1.95 bits per heavy atom. The SMILES string of the molecule is N#Cc1ccccc1N1C(C(=O)O)CCC2CCCCC21. The molecule has 2 fully saturated rings. The van der Waals surface area contributed by atoms with Gasteiger partial charge in [0.25, 0.3) is 0 Å². The van der Waals surface area contributed by atoms with Crippen LogP contribution in [-0.2, 0) is 4.79 Å². The molecule has 0 aromatic heterocycles. The van der Waals surface area contributed by atoms with Crippen molar-refractivity contribution in [2.24, 2.45) is 5.92 Å². The second-order valence-electron chi connectivity index (χ2n) is 6.08. The average molecular weight is 284 g/mol. The lowest BCUT2D eigenvalue weighted by molar-refractivity contribution is -0.139. The summed E-state index contributed by atoms with van der Waals surface area (Å²) >= 11 is 0. The summed E-state index contributed by atoms with van der Waals surface area (Å²) in [7, 11) is 0. The van der Waals surface area contributed by atoms with E-state index in [4.69, 9.17) is 0 Å². The normalized spacial score (nSPS) is 28.5. The zero-order chi connectivity index (χ0) is 14.8. The Kier molecular flexibility index (Phi) is 3.83. The van der Waals surface area contributed by atoms with E-state index >= 15 is 0 Å². The Balaban J connectivity index is 2.04. The number of aliphatic carboxylic acids is 1. The Labute approximate surface area is 125 Å². The van der Waals surface area contributed by atoms with Gasteiger partial charge in [0.2, 0.25) is 0 Å². The topological polar surface area (TPSA) is 64.3 Å². The number of hydrogen-bond donors (Lipinski definition) is 1. The van der Waals surface area contributed by atoms with E-state index in [-0.39, 0.29) is 6.04 Å². The number of hydrogen-bond acceptors (Lipinski definition) is 3. The van der Waals surface area contributed by atoms with Crippen LogP contribution >= 0.6 is 0 Å². The average Bonchev–Trinajstić information content (AvgIpc) is 2.53. The third-order valence-electron chi connectivity index (χ3n) is 4.96. The first kappa shape index (κ1) is 13.9. The number of para-hydroxylation sites is 1. The predicted octanol–water partition coefficient (Wildman–Crippen LogP) is 3.17. The van der Waals surface area contributed by atoms with Crippen molar-refractivity contribution in [2.75, 3.05) is 4.90 Å². The van der Waals surface area contributed by atoms with Gasteiger partial charge in [-0.3, -0.25) is 0 Å². The summed E-state index contributed by atoms with van der Waals surface area (Å²) in [6, 6.07) is 9.38. The van der Waals surface area contributed by atoms with Gasteiger partial charge in [0.05, 0.1) is 11.3 Å². The maximum Gasteiger partial charge on any atom is 0.326 e. The lowest BCUT2D eigenvalue weighted by atomic mass is 9.76. The van der Waals surface area contributed by atoms with Crippen LogP contribution in [0, 0.1) is 17.2 Å². The van der Waals surface area contributed by atoms with Crippen LogP contribution in [0.2, 0.25) is 0 Å². The summed E-state index contributed by atoms with van der Waals surface area (Å²) in [4.78, 5) is 13.7. The first-order valence-electron chi connectivity index (χ1n) is 7.72. The highest BCUT2D eigenvalue weighted by Crippen LogP contribution is 2.41. The van der Waals surface area contributed by atoms with Gasteiger partial charge in [-0.1, -0.05) is 25.0 Å². The second kappa shape index (κ2) is 5.77. The number of anilines is 1. The molecule has 1 N–H and O–H groups in total. The Morgan fingerprint density at radius 1 is 1.19 bits per heavy atom. The molecule has 21 heavy (non-hydrogen) atoms. The number of carboxylic acid groups (broad SMARTS) is 1. The van der Waals surface area contributed by atoms with Gasteiger partial charge in [0, 0.05) is 6.04 Å². The van der Waals surface area contributed by atoms with Crippen molar-refractivity contribution in [3.63, 3.8) is 0 Å². The minimum atomic E-state index is -0.772. The van der Waals surface area contributed by atoms with Crippen molar-refractivity contribution < 1.29 is 9.90 Å². The largest absolute Gasteiger partial charge is 0.480 e. The predicted molar refractivity (Wildman–Crippen MR) is 80.0 cm³/mol. The van der Waals surface area contributed by atoms with E-state index < -0.39 is 12.0 Å². The zero-order valence-electron chi connectivity index (χ0n) is 12.0. The minimum absolute atomic E-state index is 0.267. The molecule has 1 saturated carbocycles. The van der Waals surface area contributed by atoms with Crippen LogP contribution in [0.25, 0.3) is 0 Å². The number of carboxylic acids is 1.